The smallest absolute Gasteiger partial charge is 0.333 e. The highest BCUT2D eigenvalue weighted by atomic mass is 16.5. The van der Waals surface area contributed by atoms with Crippen molar-refractivity contribution in [3.05, 3.63) is 59.7 Å². The molecular formula is C34H50O3. The van der Waals surface area contributed by atoms with E-state index in [2.05, 4.69) is 49.9 Å². The summed E-state index contributed by atoms with van der Waals surface area (Å²) in [6, 6.07) is 14.1. The Morgan fingerprint density at radius 2 is 1.54 bits per heavy atom. The number of carbonyl (C=O) groups excluding carboxylic acids is 1. The van der Waals surface area contributed by atoms with Crippen LogP contribution in [0, 0.1) is 17.8 Å². The van der Waals surface area contributed by atoms with E-state index in [0.29, 0.717) is 12.2 Å². The third-order valence-electron chi connectivity index (χ3n) is 8.38. The number of ether oxygens (including phenoxy) is 1. The van der Waals surface area contributed by atoms with Gasteiger partial charge in [-0.05, 0) is 72.8 Å². The number of hydrogen-bond donors (Lipinski definition) is 1. The molecule has 0 spiro atoms. The standard InChI is InChI=1S/C34H50O3/c1-4-5-6-10-29-18-20-33-23-30(19-21-32(33)22-29)17-16-28-14-12-27(13-15-28)9-7-8-11-31(24-35)25-37-34(36)26(2)3/h18-23,27-28,31,35H,2,4-17,24-25H2,1,3H3. The van der Waals surface area contributed by atoms with E-state index in [-0.39, 0.29) is 18.5 Å². The molecule has 0 saturated heterocycles. The minimum absolute atomic E-state index is 0.0435. The molecule has 0 aliphatic heterocycles. The van der Waals surface area contributed by atoms with E-state index < -0.39 is 0 Å². The number of benzene rings is 2. The molecule has 1 unspecified atom stereocenters. The monoisotopic (exact) mass is 506 g/mol. The molecular weight excluding hydrogens is 456 g/mol. The van der Waals surface area contributed by atoms with Gasteiger partial charge in [-0.1, -0.05) is 108 Å². The third kappa shape index (κ3) is 10.3. The Labute approximate surface area is 225 Å². The van der Waals surface area contributed by atoms with Crippen LogP contribution in [0.5, 0.6) is 0 Å². The van der Waals surface area contributed by atoms with Crippen LogP contribution in [0.4, 0.5) is 0 Å². The summed E-state index contributed by atoms with van der Waals surface area (Å²) in [7, 11) is 0. The molecule has 2 aromatic carbocycles. The van der Waals surface area contributed by atoms with Crippen molar-refractivity contribution in [3.8, 4) is 0 Å². The first kappa shape index (κ1) is 29.4. The van der Waals surface area contributed by atoms with Gasteiger partial charge in [-0.3, -0.25) is 0 Å². The molecule has 0 aromatic heterocycles. The van der Waals surface area contributed by atoms with Crippen molar-refractivity contribution >= 4 is 16.7 Å². The van der Waals surface area contributed by atoms with E-state index in [0.717, 1.165) is 24.7 Å². The van der Waals surface area contributed by atoms with Crippen molar-refractivity contribution in [2.24, 2.45) is 17.8 Å². The highest BCUT2D eigenvalue weighted by molar-refractivity contribution is 5.87. The first-order valence-electron chi connectivity index (χ1n) is 14.9. The topological polar surface area (TPSA) is 46.5 Å². The normalized spacial score (nSPS) is 18.6. The minimum Gasteiger partial charge on any atom is -0.462 e. The quantitative estimate of drug-likeness (QED) is 0.141. The van der Waals surface area contributed by atoms with E-state index in [9.17, 15) is 9.90 Å². The van der Waals surface area contributed by atoms with Gasteiger partial charge in [-0.15, -0.1) is 0 Å². The van der Waals surface area contributed by atoms with Crippen LogP contribution in [0.3, 0.4) is 0 Å². The second kappa shape index (κ2) is 16.0. The maximum absolute atomic E-state index is 11.6. The summed E-state index contributed by atoms with van der Waals surface area (Å²) in [5.41, 5.74) is 3.37. The lowest BCUT2D eigenvalue weighted by Gasteiger charge is -2.28. The van der Waals surface area contributed by atoms with Crippen molar-refractivity contribution in [2.45, 2.75) is 104 Å². The number of rotatable bonds is 16. The molecule has 0 heterocycles. The second-order valence-corrected chi connectivity index (χ2v) is 11.6. The average Bonchev–Trinajstić information content (AvgIpc) is 2.92. The largest absolute Gasteiger partial charge is 0.462 e. The minimum atomic E-state index is -0.359. The molecule has 1 N–H and O–H groups in total. The van der Waals surface area contributed by atoms with E-state index in [4.69, 9.17) is 4.74 Å². The van der Waals surface area contributed by atoms with Gasteiger partial charge in [0, 0.05) is 18.1 Å². The SMILES string of the molecule is C=C(C)C(=O)OCC(CO)CCCCC1CCC(CCc2ccc3cc(CCCCC)ccc3c2)CC1. The molecule has 3 nitrogen and oxygen atoms in total. The maximum Gasteiger partial charge on any atom is 0.333 e. The van der Waals surface area contributed by atoms with Crippen LogP contribution in [0.25, 0.3) is 10.8 Å². The molecule has 1 aliphatic rings. The average molecular weight is 507 g/mol. The Hall–Kier alpha value is -2.13. The number of unbranched alkanes of at least 4 members (excludes halogenated alkanes) is 3. The number of hydrogen-bond acceptors (Lipinski definition) is 3. The number of aliphatic hydroxyl groups excluding tert-OH is 1. The van der Waals surface area contributed by atoms with Crippen LogP contribution in [0.15, 0.2) is 48.6 Å². The summed E-state index contributed by atoms with van der Waals surface area (Å²) in [5.74, 6) is 1.41. The van der Waals surface area contributed by atoms with Gasteiger partial charge in [0.1, 0.15) is 0 Å². The third-order valence-corrected chi connectivity index (χ3v) is 8.38. The van der Waals surface area contributed by atoms with E-state index in [1.165, 1.54) is 98.9 Å². The zero-order chi connectivity index (χ0) is 26.5. The van der Waals surface area contributed by atoms with Gasteiger partial charge >= 0.3 is 5.97 Å². The van der Waals surface area contributed by atoms with E-state index in [1.54, 1.807) is 6.92 Å². The molecule has 3 heteroatoms. The Morgan fingerprint density at radius 3 is 2.14 bits per heavy atom. The van der Waals surface area contributed by atoms with Gasteiger partial charge in [-0.25, -0.2) is 4.79 Å². The summed E-state index contributed by atoms with van der Waals surface area (Å²) in [6.45, 7) is 7.89. The second-order valence-electron chi connectivity index (χ2n) is 11.6. The molecule has 0 amide bonds. The number of carbonyl (C=O) groups is 1. The van der Waals surface area contributed by atoms with Crippen LogP contribution >= 0.6 is 0 Å². The molecule has 1 fully saturated rings. The highest BCUT2D eigenvalue weighted by Gasteiger charge is 2.21. The van der Waals surface area contributed by atoms with Crippen LogP contribution < -0.4 is 0 Å². The van der Waals surface area contributed by atoms with Crippen molar-refractivity contribution in [3.63, 3.8) is 0 Å². The van der Waals surface area contributed by atoms with Crippen molar-refractivity contribution in [1.82, 2.24) is 0 Å². The number of aliphatic hydroxyl groups is 1. The molecule has 0 radical (unpaired) electrons. The molecule has 0 bridgehead atoms. The number of fused-ring (bicyclic) bond motifs is 1. The Morgan fingerprint density at radius 1 is 0.919 bits per heavy atom. The molecule has 1 saturated carbocycles. The predicted molar refractivity (Wildman–Crippen MR) is 156 cm³/mol. The van der Waals surface area contributed by atoms with Gasteiger partial charge < -0.3 is 9.84 Å². The van der Waals surface area contributed by atoms with Gasteiger partial charge in [0.25, 0.3) is 0 Å². The predicted octanol–water partition coefficient (Wildman–Crippen LogP) is 8.60. The van der Waals surface area contributed by atoms with Crippen LogP contribution in [0.2, 0.25) is 0 Å². The fraction of sp³-hybridized carbons (Fsp3) is 0.618. The first-order valence-corrected chi connectivity index (χ1v) is 14.9. The summed E-state index contributed by atoms with van der Waals surface area (Å²) in [6.07, 6.45) is 17.6. The molecule has 1 atom stereocenters. The van der Waals surface area contributed by atoms with Crippen LogP contribution in [0.1, 0.15) is 102 Å². The zero-order valence-corrected chi connectivity index (χ0v) is 23.5. The summed E-state index contributed by atoms with van der Waals surface area (Å²) >= 11 is 0. The van der Waals surface area contributed by atoms with Gasteiger partial charge in [0.05, 0.1) is 6.61 Å². The van der Waals surface area contributed by atoms with Crippen molar-refractivity contribution in [1.29, 1.82) is 0 Å². The van der Waals surface area contributed by atoms with Crippen LogP contribution in [-0.2, 0) is 22.4 Å². The molecule has 3 rings (SSSR count). The Kier molecular flexibility index (Phi) is 12.7. The molecule has 1 aliphatic carbocycles. The number of esters is 1. The van der Waals surface area contributed by atoms with Crippen LogP contribution in [-0.4, -0.2) is 24.3 Å². The molecule has 204 valence electrons. The lowest BCUT2D eigenvalue weighted by Crippen LogP contribution is -2.18. The van der Waals surface area contributed by atoms with Gasteiger partial charge in [0.2, 0.25) is 0 Å². The Bertz CT molecular complexity index is 970. The lowest BCUT2D eigenvalue weighted by atomic mass is 9.77. The summed E-state index contributed by atoms with van der Waals surface area (Å²) in [4.78, 5) is 11.6. The summed E-state index contributed by atoms with van der Waals surface area (Å²) < 4.78 is 5.21. The van der Waals surface area contributed by atoms with Gasteiger partial charge in [-0.2, -0.15) is 0 Å². The first-order chi connectivity index (χ1) is 18.0. The molecule has 37 heavy (non-hydrogen) atoms. The van der Waals surface area contributed by atoms with Crippen molar-refractivity contribution < 1.29 is 14.6 Å². The molecule has 2 aromatic rings. The fourth-order valence-electron chi connectivity index (χ4n) is 5.82. The lowest BCUT2D eigenvalue weighted by molar-refractivity contribution is -0.140. The summed E-state index contributed by atoms with van der Waals surface area (Å²) in [5, 5.41) is 12.3. The Balaban J connectivity index is 1.31. The fourth-order valence-corrected chi connectivity index (χ4v) is 5.82. The van der Waals surface area contributed by atoms with E-state index >= 15 is 0 Å². The van der Waals surface area contributed by atoms with Crippen molar-refractivity contribution in [2.75, 3.05) is 13.2 Å². The number of aryl methyl sites for hydroxylation is 2. The maximum atomic E-state index is 11.6. The zero-order valence-electron chi connectivity index (χ0n) is 23.5. The highest BCUT2D eigenvalue weighted by Crippen LogP contribution is 2.34. The van der Waals surface area contributed by atoms with E-state index in [1.807, 2.05) is 0 Å². The van der Waals surface area contributed by atoms with Gasteiger partial charge in [0.15, 0.2) is 0 Å².